The lowest BCUT2D eigenvalue weighted by molar-refractivity contribution is -0.116. The molecule has 1 aliphatic heterocycles. The van der Waals surface area contributed by atoms with E-state index in [4.69, 9.17) is 9.47 Å². The fraction of sp³-hybridized carbons (Fsp3) is 0.269. The van der Waals surface area contributed by atoms with Crippen molar-refractivity contribution in [3.05, 3.63) is 86.6 Å². The SMILES string of the molecule is COc1ccc([C@@H]2C3=C(CCCC3=O)Nc3nc(SCc4ccccc4F)[nH]c(=O)c32)cc1OC. The number of rotatable bonds is 6. The van der Waals surface area contributed by atoms with Crippen molar-refractivity contribution in [1.82, 2.24) is 9.97 Å². The number of ether oxygens (including phenoxy) is 2. The van der Waals surface area contributed by atoms with E-state index in [1.165, 1.54) is 17.8 Å². The minimum absolute atomic E-state index is 0.0154. The summed E-state index contributed by atoms with van der Waals surface area (Å²) < 4.78 is 24.9. The molecule has 180 valence electrons. The standard InChI is InChI=1S/C26H24FN3O4S/c1-33-19-11-10-14(12-20(19)34-2)21-22-17(8-5-9-18(22)31)28-24-23(21)25(32)30-26(29-24)35-13-15-6-3-4-7-16(15)27/h3-4,6-7,10-12,21H,5,8-9,13H2,1-2H3,(H2,28,29,30,32)/t21-/m1/s1. The molecule has 5 rings (SSSR count). The fourth-order valence-corrected chi connectivity index (χ4v) is 5.48. The minimum atomic E-state index is -0.587. The van der Waals surface area contributed by atoms with E-state index in [1.54, 1.807) is 44.6 Å². The molecule has 0 radical (unpaired) electrons. The van der Waals surface area contributed by atoms with Gasteiger partial charge in [0.25, 0.3) is 5.56 Å². The lowest BCUT2D eigenvalue weighted by Crippen LogP contribution is -2.32. The number of carbonyl (C=O) groups is 1. The van der Waals surface area contributed by atoms with Crippen LogP contribution in [0.25, 0.3) is 0 Å². The Hall–Kier alpha value is -3.59. The van der Waals surface area contributed by atoms with Crippen LogP contribution in [0.3, 0.4) is 0 Å². The Labute approximate surface area is 205 Å². The maximum Gasteiger partial charge on any atom is 0.257 e. The largest absolute Gasteiger partial charge is 0.493 e. The van der Waals surface area contributed by atoms with Crippen LogP contribution in [0.5, 0.6) is 11.5 Å². The molecule has 0 fully saturated rings. The molecule has 7 nitrogen and oxygen atoms in total. The molecule has 0 saturated heterocycles. The molecular weight excluding hydrogens is 469 g/mol. The molecule has 1 atom stereocenters. The molecule has 35 heavy (non-hydrogen) atoms. The second kappa shape index (κ2) is 9.58. The summed E-state index contributed by atoms with van der Waals surface area (Å²) in [7, 11) is 3.10. The van der Waals surface area contributed by atoms with Crippen LogP contribution in [0.2, 0.25) is 0 Å². The van der Waals surface area contributed by atoms with E-state index in [0.717, 1.165) is 17.7 Å². The summed E-state index contributed by atoms with van der Waals surface area (Å²) in [6, 6.07) is 11.9. The highest BCUT2D eigenvalue weighted by molar-refractivity contribution is 7.98. The first-order chi connectivity index (χ1) is 17.0. The monoisotopic (exact) mass is 493 g/mol. The number of allylic oxidation sites excluding steroid dienone is 2. The van der Waals surface area contributed by atoms with Crippen molar-refractivity contribution in [2.45, 2.75) is 36.1 Å². The number of H-pyrrole nitrogens is 1. The summed E-state index contributed by atoms with van der Waals surface area (Å²) in [6.07, 6.45) is 1.86. The van der Waals surface area contributed by atoms with Gasteiger partial charge in [-0.2, -0.15) is 0 Å². The summed E-state index contributed by atoms with van der Waals surface area (Å²) in [5.41, 5.74) is 2.68. The highest BCUT2D eigenvalue weighted by Gasteiger charge is 2.38. The maximum absolute atomic E-state index is 14.0. The van der Waals surface area contributed by atoms with Gasteiger partial charge in [0.1, 0.15) is 11.6 Å². The van der Waals surface area contributed by atoms with Gasteiger partial charge < -0.3 is 19.8 Å². The van der Waals surface area contributed by atoms with Gasteiger partial charge in [0.15, 0.2) is 22.4 Å². The lowest BCUT2D eigenvalue weighted by Gasteiger charge is -2.33. The number of benzene rings is 2. The van der Waals surface area contributed by atoms with Crippen molar-refractivity contribution in [3.8, 4) is 11.5 Å². The molecule has 0 unspecified atom stereocenters. The van der Waals surface area contributed by atoms with Crippen molar-refractivity contribution in [2.75, 3.05) is 19.5 Å². The van der Waals surface area contributed by atoms with Gasteiger partial charge in [-0.25, -0.2) is 9.37 Å². The molecule has 2 aromatic carbocycles. The van der Waals surface area contributed by atoms with E-state index < -0.39 is 5.92 Å². The molecule has 2 heterocycles. The number of hydrogen-bond acceptors (Lipinski definition) is 7. The van der Waals surface area contributed by atoms with Gasteiger partial charge in [0.05, 0.1) is 19.8 Å². The number of Topliss-reactive ketones (excluding diaryl/α,β-unsaturated/α-hetero) is 1. The van der Waals surface area contributed by atoms with Gasteiger partial charge in [0.2, 0.25) is 0 Å². The summed E-state index contributed by atoms with van der Waals surface area (Å²) in [5.74, 6) is 0.927. The number of aromatic nitrogens is 2. The number of thioether (sulfide) groups is 1. The van der Waals surface area contributed by atoms with E-state index in [1.807, 2.05) is 6.07 Å². The molecule has 9 heteroatoms. The zero-order valence-corrected chi connectivity index (χ0v) is 20.1. The first-order valence-electron chi connectivity index (χ1n) is 11.3. The van der Waals surface area contributed by atoms with Crippen LogP contribution in [0.4, 0.5) is 10.2 Å². The van der Waals surface area contributed by atoms with E-state index >= 15 is 0 Å². The van der Waals surface area contributed by atoms with Gasteiger partial charge in [-0.05, 0) is 42.2 Å². The van der Waals surface area contributed by atoms with E-state index in [0.29, 0.717) is 57.8 Å². The van der Waals surface area contributed by atoms with Crippen LogP contribution in [-0.2, 0) is 10.5 Å². The van der Waals surface area contributed by atoms with Crippen LogP contribution < -0.4 is 20.3 Å². The minimum Gasteiger partial charge on any atom is -0.493 e. The Kier molecular flexibility index (Phi) is 6.34. The summed E-state index contributed by atoms with van der Waals surface area (Å²) in [4.78, 5) is 33.9. The summed E-state index contributed by atoms with van der Waals surface area (Å²) in [5, 5.41) is 3.63. The number of hydrogen-bond donors (Lipinski definition) is 2. The Morgan fingerprint density at radius 1 is 1.09 bits per heavy atom. The van der Waals surface area contributed by atoms with E-state index in [2.05, 4.69) is 15.3 Å². The number of fused-ring (bicyclic) bond motifs is 1. The molecule has 1 aliphatic carbocycles. The van der Waals surface area contributed by atoms with E-state index in [9.17, 15) is 14.0 Å². The third kappa shape index (κ3) is 4.32. The molecule has 3 aromatic rings. The number of carbonyl (C=O) groups excluding carboxylic acids is 1. The number of halogens is 1. The van der Waals surface area contributed by atoms with Gasteiger partial charge in [0, 0.05) is 29.4 Å². The smallest absolute Gasteiger partial charge is 0.257 e. The van der Waals surface area contributed by atoms with Gasteiger partial charge >= 0.3 is 0 Å². The van der Waals surface area contributed by atoms with Gasteiger partial charge in [-0.1, -0.05) is 36.0 Å². The van der Waals surface area contributed by atoms with Crippen molar-refractivity contribution >= 4 is 23.4 Å². The average Bonchev–Trinajstić information content (AvgIpc) is 2.86. The molecule has 0 bridgehead atoms. The summed E-state index contributed by atoms with van der Waals surface area (Å²) in [6.45, 7) is 0. The molecular formula is C26H24FN3O4S. The first-order valence-corrected chi connectivity index (χ1v) is 12.2. The number of nitrogens with zero attached hydrogens (tertiary/aromatic N) is 1. The highest BCUT2D eigenvalue weighted by atomic mass is 32.2. The Morgan fingerprint density at radius 2 is 1.89 bits per heavy atom. The maximum atomic E-state index is 14.0. The number of ketones is 1. The number of anilines is 1. The molecule has 0 amide bonds. The topological polar surface area (TPSA) is 93.3 Å². The molecule has 0 spiro atoms. The Bertz CT molecular complexity index is 1400. The average molecular weight is 494 g/mol. The van der Waals surface area contributed by atoms with Gasteiger partial charge in [-0.15, -0.1) is 0 Å². The highest BCUT2D eigenvalue weighted by Crippen LogP contribution is 2.45. The normalized spacial score (nSPS) is 16.9. The predicted octanol–water partition coefficient (Wildman–Crippen LogP) is 4.78. The second-order valence-electron chi connectivity index (χ2n) is 8.35. The molecule has 0 saturated carbocycles. The Balaban J connectivity index is 1.59. The number of aromatic amines is 1. The Morgan fingerprint density at radius 3 is 2.66 bits per heavy atom. The molecule has 2 N–H and O–H groups in total. The van der Waals surface area contributed by atoms with Crippen molar-refractivity contribution in [1.29, 1.82) is 0 Å². The van der Waals surface area contributed by atoms with Crippen LogP contribution in [-0.4, -0.2) is 30.0 Å². The van der Waals surface area contributed by atoms with Crippen molar-refractivity contribution < 1.29 is 18.7 Å². The van der Waals surface area contributed by atoms with Crippen LogP contribution in [0.1, 0.15) is 41.9 Å². The second-order valence-corrected chi connectivity index (χ2v) is 9.32. The predicted molar refractivity (Wildman–Crippen MR) is 132 cm³/mol. The van der Waals surface area contributed by atoms with Gasteiger partial charge in [-0.3, -0.25) is 9.59 Å². The third-order valence-corrected chi connectivity index (χ3v) is 7.22. The van der Waals surface area contributed by atoms with Crippen molar-refractivity contribution in [3.63, 3.8) is 0 Å². The quantitative estimate of drug-likeness (QED) is 0.377. The lowest BCUT2D eigenvalue weighted by atomic mass is 9.76. The first kappa shape index (κ1) is 23.2. The summed E-state index contributed by atoms with van der Waals surface area (Å²) >= 11 is 1.25. The van der Waals surface area contributed by atoms with Crippen LogP contribution in [0.15, 0.2) is 63.7 Å². The molecule has 2 aliphatic rings. The van der Waals surface area contributed by atoms with Crippen molar-refractivity contribution in [2.24, 2.45) is 0 Å². The number of nitrogens with one attached hydrogen (secondary N) is 2. The third-order valence-electron chi connectivity index (χ3n) is 6.30. The number of methoxy groups -OCH3 is 2. The van der Waals surface area contributed by atoms with Crippen LogP contribution >= 0.6 is 11.8 Å². The zero-order valence-electron chi connectivity index (χ0n) is 19.3. The van der Waals surface area contributed by atoms with E-state index in [-0.39, 0.29) is 17.2 Å². The zero-order chi connectivity index (χ0) is 24.5. The van der Waals surface area contributed by atoms with Crippen LogP contribution in [0, 0.1) is 5.82 Å². The molecule has 1 aromatic heterocycles. The fourth-order valence-electron chi connectivity index (χ4n) is 4.64.